The molecule has 1 aromatic heterocycles. The highest BCUT2D eigenvalue weighted by Crippen LogP contribution is 2.15. The second-order valence-electron chi connectivity index (χ2n) is 6.29. The number of nitrogens with zero attached hydrogens (tertiary/aromatic N) is 3. The molecule has 0 spiro atoms. The number of carbonyl (C=O) groups is 1. The molecule has 2 aliphatic heterocycles. The Morgan fingerprint density at radius 2 is 2.24 bits per heavy atom. The Hall–Kier alpha value is -2.45. The maximum Gasteiger partial charge on any atom is 0.251 e. The number of nitrogens with one attached hydrogen (secondary N) is 2. The third-order valence-electron chi connectivity index (χ3n) is 4.40. The second-order valence-corrected chi connectivity index (χ2v) is 6.29. The van der Waals surface area contributed by atoms with E-state index >= 15 is 0 Å². The lowest BCUT2D eigenvalue weighted by Gasteiger charge is -2.20. The number of rotatable bonds is 0. The average Bonchev–Trinajstić information content (AvgIpc) is 3.26. The first-order valence-electron chi connectivity index (χ1n) is 8.53. The molecule has 0 aliphatic carbocycles. The SMILES string of the molecule is O=C1N[C@H]2CNC[C@@H]2OCc2cn(nn2)CCCOc2cccc1c2. The van der Waals surface area contributed by atoms with Crippen LogP contribution in [0.4, 0.5) is 0 Å². The fourth-order valence-corrected chi connectivity index (χ4v) is 3.08. The van der Waals surface area contributed by atoms with E-state index in [2.05, 4.69) is 20.9 Å². The van der Waals surface area contributed by atoms with Crippen molar-refractivity contribution in [3.8, 4) is 5.75 Å². The number of aryl methyl sites for hydroxylation is 1. The predicted molar refractivity (Wildman–Crippen MR) is 89.3 cm³/mol. The highest BCUT2D eigenvalue weighted by Gasteiger charge is 2.29. The van der Waals surface area contributed by atoms with Gasteiger partial charge in [-0.1, -0.05) is 11.3 Å². The van der Waals surface area contributed by atoms with Gasteiger partial charge in [0.15, 0.2) is 0 Å². The van der Waals surface area contributed by atoms with Gasteiger partial charge in [0, 0.05) is 31.6 Å². The molecule has 4 bridgehead atoms. The number of carbonyl (C=O) groups excluding carboxylic acids is 1. The normalized spacial score (nSPS) is 24.2. The molecule has 2 aliphatic rings. The first-order chi connectivity index (χ1) is 12.3. The minimum atomic E-state index is -0.120. The van der Waals surface area contributed by atoms with E-state index in [1.807, 2.05) is 18.3 Å². The lowest BCUT2D eigenvalue weighted by Crippen LogP contribution is -2.43. The minimum absolute atomic E-state index is 0.0833. The first kappa shape index (κ1) is 16.0. The lowest BCUT2D eigenvalue weighted by molar-refractivity contribution is 0.0341. The Bertz CT molecular complexity index is 747. The third-order valence-corrected chi connectivity index (χ3v) is 4.40. The van der Waals surface area contributed by atoms with Crippen LogP contribution in [0.3, 0.4) is 0 Å². The monoisotopic (exact) mass is 343 g/mol. The Labute approximate surface area is 145 Å². The predicted octanol–water partition coefficient (Wildman–Crippen LogP) is 0.348. The minimum Gasteiger partial charge on any atom is -0.494 e. The van der Waals surface area contributed by atoms with Crippen LogP contribution in [0, 0.1) is 0 Å². The molecule has 1 fully saturated rings. The topological polar surface area (TPSA) is 90.3 Å². The lowest BCUT2D eigenvalue weighted by atomic mass is 10.1. The Morgan fingerprint density at radius 3 is 3.20 bits per heavy atom. The fourth-order valence-electron chi connectivity index (χ4n) is 3.08. The van der Waals surface area contributed by atoms with E-state index in [1.165, 1.54) is 0 Å². The molecular formula is C17H21N5O3. The van der Waals surface area contributed by atoms with E-state index in [-0.39, 0.29) is 18.1 Å². The van der Waals surface area contributed by atoms with Crippen LogP contribution in [0.15, 0.2) is 30.5 Å². The fraction of sp³-hybridized carbons (Fsp3) is 0.471. The summed E-state index contributed by atoms with van der Waals surface area (Å²) in [5, 5.41) is 14.6. The van der Waals surface area contributed by atoms with Crippen molar-refractivity contribution in [2.75, 3.05) is 19.7 Å². The van der Waals surface area contributed by atoms with Gasteiger partial charge >= 0.3 is 0 Å². The van der Waals surface area contributed by atoms with Gasteiger partial charge in [0.05, 0.1) is 31.6 Å². The van der Waals surface area contributed by atoms with E-state index in [4.69, 9.17) is 9.47 Å². The molecule has 0 radical (unpaired) electrons. The zero-order valence-corrected chi connectivity index (χ0v) is 13.9. The standard InChI is InChI=1S/C17H21N5O3/c23-17-12-3-1-4-14(7-12)24-6-2-5-22-10-13(20-21-22)11-25-16-9-18-8-15(16)19-17/h1,3-4,7,10,15-16,18H,2,5-6,8-9,11H2,(H,19,23)/t15-,16-/m0/s1. The van der Waals surface area contributed by atoms with Crippen molar-refractivity contribution in [2.24, 2.45) is 0 Å². The molecular weight excluding hydrogens is 322 g/mol. The summed E-state index contributed by atoms with van der Waals surface area (Å²) in [7, 11) is 0. The van der Waals surface area contributed by atoms with Gasteiger partial charge in [-0.2, -0.15) is 0 Å². The zero-order chi connectivity index (χ0) is 17.1. The van der Waals surface area contributed by atoms with Crippen molar-refractivity contribution < 1.29 is 14.3 Å². The summed E-state index contributed by atoms with van der Waals surface area (Å²) in [6.07, 6.45) is 2.60. The van der Waals surface area contributed by atoms with Crippen LogP contribution >= 0.6 is 0 Å². The van der Waals surface area contributed by atoms with Gasteiger partial charge < -0.3 is 20.1 Å². The molecule has 2 aromatic rings. The third kappa shape index (κ3) is 3.80. The number of aromatic nitrogens is 3. The van der Waals surface area contributed by atoms with Crippen LogP contribution in [0.1, 0.15) is 22.5 Å². The van der Waals surface area contributed by atoms with Gasteiger partial charge in [0.1, 0.15) is 11.4 Å². The molecule has 1 aromatic carbocycles. The number of amides is 1. The summed E-state index contributed by atoms with van der Waals surface area (Å²) in [6.45, 7) is 3.03. The van der Waals surface area contributed by atoms with Crippen LogP contribution in [0.2, 0.25) is 0 Å². The van der Waals surface area contributed by atoms with Crippen molar-refractivity contribution >= 4 is 5.91 Å². The van der Waals surface area contributed by atoms with Gasteiger partial charge in [-0.3, -0.25) is 9.48 Å². The summed E-state index contributed by atoms with van der Waals surface area (Å²) in [5.41, 5.74) is 1.38. The summed E-state index contributed by atoms with van der Waals surface area (Å²) >= 11 is 0. The molecule has 2 atom stereocenters. The molecule has 0 saturated carbocycles. The first-order valence-corrected chi connectivity index (χ1v) is 8.53. The molecule has 132 valence electrons. The summed E-state index contributed by atoms with van der Waals surface area (Å²) in [6, 6.07) is 7.17. The van der Waals surface area contributed by atoms with Crippen LogP contribution in [-0.2, 0) is 17.9 Å². The van der Waals surface area contributed by atoms with Gasteiger partial charge in [-0.15, -0.1) is 5.10 Å². The van der Waals surface area contributed by atoms with Crippen LogP contribution < -0.4 is 15.4 Å². The second kappa shape index (κ2) is 7.20. The molecule has 25 heavy (non-hydrogen) atoms. The van der Waals surface area contributed by atoms with Gasteiger partial charge in [0.25, 0.3) is 5.91 Å². The summed E-state index contributed by atoms with van der Waals surface area (Å²) in [5.74, 6) is 0.571. The van der Waals surface area contributed by atoms with E-state index in [1.54, 1.807) is 16.8 Å². The molecule has 1 saturated heterocycles. The van der Waals surface area contributed by atoms with Crippen molar-refractivity contribution in [2.45, 2.75) is 31.7 Å². The number of hydrogen-bond acceptors (Lipinski definition) is 6. The van der Waals surface area contributed by atoms with Gasteiger partial charge in [-0.25, -0.2) is 0 Å². The molecule has 2 N–H and O–H groups in total. The molecule has 4 rings (SSSR count). The van der Waals surface area contributed by atoms with Crippen molar-refractivity contribution in [3.05, 3.63) is 41.7 Å². The van der Waals surface area contributed by atoms with Crippen molar-refractivity contribution in [1.82, 2.24) is 25.6 Å². The van der Waals surface area contributed by atoms with Crippen molar-refractivity contribution in [3.63, 3.8) is 0 Å². The smallest absolute Gasteiger partial charge is 0.251 e. The van der Waals surface area contributed by atoms with E-state index in [9.17, 15) is 4.79 Å². The summed E-state index contributed by atoms with van der Waals surface area (Å²) < 4.78 is 13.5. The molecule has 3 heterocycles. The number of fused-ring (bicyclic) bond motifs is 5. The maximum atomic E-state index is 12.5. The van der Waals surface area contributed by atoms with Crippen LogP contribution in [0.5, 0.6) is 5.75 Å². The largest absolute Gasteiger partial charge is 0.494 e. The molecule has 8 nitrogen and oxygen atoms in total. The van der Waals surface area contributed by atoms with Gasteiger partial charge in [0.2, 0.25) is 0 Å². The maximum absolute atomic E-state index is 12.5. The highest BCUT2D eigenvalue weighted by atomic mass is 16.5. The van der Waals surface area contributed by atoms with Crippen molar-refractivity contribution in [1.29, 1.82) is 0 Å². The van der Waals surface area contributed by atoms with E-state index in [0.29, 0.717) is 37.6 Å². The molecule has 0 unspecified atom stereocenters. The average molecular weight is 343 g/mol. The Kier molecular flexibility index (Phi) is 4.62. The number of benzene rings is 1. The molecule has 8 heteroatoms. The number of ether oxygens (including phenoxy) is 2. The quantitative estimate of drug-likeness (QED) is 0.717. The Morgan fingerprint density at radius 1 is 1.28 bits per heavy atom. The van der Waals surface area contributed by atoms with Gasteiger partial charge in [-0.05, 0) is 18.2 Å². The summed E-state index contributed by atoms with van der Waals surface area (Å²) in [4.78, 5) is 12.5. The number of hydrogen-bond donors (Lipinski definition) is 2. The Balaban J connectivity index is 1.55. The van der Waals surface area contributed by atoms with Crippen LogP contribution in [-0.4, -0.2) is 52.7 Å². The zero-order valence-electron chi connectivity index (χ0n) is 13.9. The highest BCUT2D eigenvalue weighted by molar-refractivity contribution is 5.94. The molecule has 1 amide bonds. The van der Waals surface area contributed by atoms with E-state index in [0.717, 1.165) is 18.7 Å². The van der Waals surface area contributed by atoms with Crippen LogP contribution in [0.25, 0.3) is 0 Å². The van der Waals surface area contributed by atoms with E-state index < -0.39 is 0 Å².